The number of nitrogen functional groups attached to an aromatic ring is 1. The minimum absolute atomic E-state index is 0.496. The molecule has 0 fully saturated rings. The van der Waals surface area contributed by atoms with Crippen LogP contribution in [0.1, 0.15) is 0 Å². The summed E-state index contributed by atoms with van der Waals surface area (Å²) in [5, 5.41) is 12.8. The molecule has 2 heterocycles. The van der Waals surface area contributed by atoms with Crippen molar-refractivity contribution in [2.24, 2.45) is 0 Å². The molecule has 2 aromatic heterocycles. The van der Waals surface area contributed by atoms with E-state index in [4.69, 9.17) is 17.3 Å². The number of nitrogens with two attached hydrogens (primary N) is 1. The number of hydrogen-bond acceptors (Lipinski definition) is 4. The second kappa shape index (κ2) is 3.71. The summed E-state index contributed by atoms with van der Waals surface area (Å²) < 4.78 is 1.65. The van der Waals surface area contributed by atoms with E-state index in [0.717, 1.165) is 5.56 Å². The first-order chi connectivity index (χ1) is 8.25. The molecule has 84 valence electrons. The van der Waals surface area contributed by atoms with Crippen LogP contribution in [-0.2, 0) is 0 Å². The molecule has 2 N–H and O–H groups in total. The van der Waals surface area contributed by atoms with E-state index < -0.39 is 0 Å². The molecule has 0 radical (unpaired) electrons. The molecule has 0 saturated carbocycles. The van der Waals surface area contributed by atoms with Crippen LogP contribution >= 0.6 is 11.6 Å². The Morgan fingerprint density at radius 3 is 2.88 bits per heavy atom. The van der Waals surface area contributed by atoms with Crippen LogP contribution < -0.4 is 5.73 Å². The van der Waals surface area contributed by atoms with Gasteiger partial charge in [-0.05, 0) is 30.3 Å². The molecule has 1 aromatic carbocycles. The summed E-state index contributed by atoms with van der Waals surface area (Å²) in [4.78, 5) is 0. The fourth-order valence-corrected chi connectivity index (χ4v) is 1.77. The first-order valence-corrected chi connectivity index (χ1v) is 5.35. The highest BCUT2D eigenvalue weighted by molar-refractivity contribution is 6.33. The van der Waals surface area contributed by atoms with E-state index in [9.17, 15) is 0 Å². The average Bonchev–Trinajstić information content (AvgIpc) is 2.76. The van der Waals surface area contributed by atoms with Crippen molar-refractivity contribution in [2.75, 3.05) is 5.73 Å². The van der Waals surface area contributed by atoms with Crippen molar-refractivity contribution in [3.8, 4) is 11.4 Å². The lowest BCUT2D eigenvalue weighted by molar-refractivity contribution is 0.936. The van der Waals surface area contributed by atoms with Crippen LogP contribution in [0.25, 0.3) is 17.0 Å². The Labute approximate surface area is 102 Å². The molecule has 0 amide bonds. The zero-order valence-electron chi connectivity index (χ0n) is 8.71. The maximum absolute atomic E-state index is 5.98. The van der Waals surface area contributed by atoms with Crippen molar-refractivity contribution in [1.82, 2.24) is 19.8 Å². The van der Waals surface area contributed by atoms with E-state index in [0.29, 0.717) is 22.2 Å². The van der Waals surface area contributed by atoms with Gasteiger partial charge in [-0.3, -0.25) is 0 Å². The van der Waals surface area contributed by atoms with Crippen LogP contribution in [0.2, 0.25) is 5.02 Å². The second-order valence-corrected chi connectivity index (χ2v) is 3.96. The van der Waals surface area contributed by atoms with Crippen molar-refractivity contribution in [2.45, 2.75) is 0 Å². The Bertz CT molecular complexity index is 691. The maximum Gasteiger partial charge on any atom is 0.185 e. The van der Waals surface area contributed by atoms with Crippen LogP contribution in [0, 0.1) is 0 Å². The van der Waals surface area contributed by atoms with Gasteiger partial charge in [0.25, 0.3) is 0 Å². The average molecular weight is 246 g/mol. The fourth-order valence-electron chi connectivity index (χ4n) is 1.59. The zero-order valence-corrected chi connectivity index (χ0v) is 9.46. The minimum atomic E-state index is 0.496. The number of hydrogen-bond donors (Lipinski definition) is 1. The van der Waals surface area contributed by atoms with Crippen LogP contribution in [0.4, 0.5) is 5.69 Å². The zero-order chi connectivity index (χ0) is 11.8. The van der Waals surface area contributed by atoms with Gasteiger partial charge in [0, 0.05) is 11.8 Å². The summed E-state index contributed by atoms with van der Waals surface area (Å²) in [5.74, 6) is 0.641. The lowest BCUT2D eigenvalue weighted by atomic mass is 10.2. The molecule has 0 atom stereocenters. The monoisotopic (exact) mass is 245 g/mol. The van der Waals surface area contributed by atoms with Gasteiger partial charge in [-0.2, -0.15) is 9.61 Å². The van der Waals surface area contributed by atoms with Gasteiger partial charge in [-0.15, -0.1) is 10.2 Å². The molecule has 0 aliphatic carbocycles. The molecule has 5 nitrogen and oxygen atoms in total. The van der Waals surface area contributed by atoms with Gasteiger partial charge in [-0.25, -0.2) is 0 Å². The third-order valence-corrected chi connectivity index (χ3v) is 2.76. The Balaban J connectivity index is 2.24. The Morgan fingerprint density at radius 1 is 1.18 bits per heavy atom. The summed E-state index contributed by atoms with van der Waals surface area (Å²) in [6, 6.07) is 8.97. The third kappa shape index (κ3) is 1.60. The predicted octanol–water partition coefficient (Wildman–Crippen LogP) is 2.03. The van der Waals surface area contributed by atoms with E-state index in [-0.39, 0.29) is 0 Å². The van der Waals surface area contributed by atoms with Gasteiger partial charge < -0.3 is 5.73 Å². The maximum atomic E-state index is 5.98. The van der Waals surface area contributed by atoms with E-state index >= 15 is 0 Å². The Hall–Kier alpha value is -2.14. The Kier molecular flexibility index (Phi) is 2.19. The van der Waals surface area contributed by atoms with Gasteiger partial charge in [0.1, 0.15) is 0 Å². The third-order valence-electron chi connectivity index (χ3n) is 2.44. The summed E-state index contributed by atoms with van der Waals surface area (Å²) in [7, 11) is 0. The lowest BCUT2D eigenvalue weighted by Gasteiger charge is -2.01. The lowest BCUT2D eigenvalue weighted by Crippen LogP contribution is -1.94. The highest BCUT2D eigenvalue weighted by Gasteiger charge is 2.09. The molecule has 0 saturated heterocycles. The molecule has 0 unspecified atom stereocenters. The summed E-state index contributed by atoms with van der Waals surface area (Å²) >= 11 is 5.98. The quantitative estimate of drug-likeness (QED) is 0.666. The molecular weight excluding hydrogens is 238 g/mol. The van der Waals surface area contributed by atoms with Crippen LogP contribution in [0.15, 0.2) is 36.5 Å². The van der Waals surface area contributed by atoms with E-state index in [2.05, 4.69) is 15.3 Å². The molecule has 0 aliphatic heterocycles. The second-order valence-electron chi connectivity index (χ2n) is 3.55. The number of halogens is 1. The Morgan fingerprint density at radius 2 is 2.06 bits per heavy atom. The molecule has 0 aliphatic rings. The van der Waals surface area contributed by atoms with E-state index in [1.54, 1.807) is 22.8 Å². The number of rotatable bonds is 1. The van der Waals surface area contributed by atoms with Crippen molar-refractivity contribution in [3.63, 3.8) is 0 Å². The normalized spacial score (nSPS) is 10.9. The predicted molar refractivity (Wildman–Crippen MR) is 65.6 cm³/mol. The van der Waals surface area contributed by atoms with Gasteiger partial charge in [-0.1, -0.05) is 11.6 Å². The van der Waals surface area contributed by atoms with Crippen molar-refractivity contribution in [3.05, 3.63) is 41.6 Å². The molecule has 0 spiro atoms. The van der Waals surface area contributed by atoms with Crippen molar-refractivity contribution >= 4 is 22.9 Å². The van der Waals surface area contributed by atoms with Crippen LogP contribution in [0.5, 0.6) is 0 Å². The number of anilines is 1. The minimum Gasteiger partial charge on any atom is -0.398 e. The standard InChI is InChI=1S/C11H8ClN5/c12-8-6-7(3-4-9(8)13)11-16-15-10-2-1-5-14-17(10)11/h1-6H,13H2. The topological polar surface area (TPSA) is 69.1 Å². The fraction of sp³-hybridized carbons (Fsp3) is 0. The van der Waals surface area contributed by atoms with Gasteiger partial charge in [0.15, 0.2) is 11.5 Å². The van der Waals surface area contributed by atoms with Gasteiger partial charge >= 0.3 is 0 Å². The molecule has 3 aromatic rings. The smallest absolute Gasteiger partial charge is 0.185 e. The van der Waals surface area contributed by atoms with E-state index in [1.165, 1.54) is 0 Å². The number of aromatic nitrogens is 4. The van der Waals surface area contributed by atoms with Gasteiger partial charge in [0.2, 0.25) is 0 Å². The molecule has 17 heavy (non-hydrogen) atoms. The molecule has 6 heteroatoms. The highest BCUT2D eigenvalue weighted by Crippen LogP contribution is 2.25. The largest absolute Gasteiger partial charge is 0.398 e. The highest BCUT2D eigenvalue weighted by atomic mass is 35.5. The summed E-state index contributed by atoms with van der Waals surface area (Å²) in [6.07, 6.45) is 1.68. The first kappa shape index (κ1) is 10.0. The van der Waals surface area contributed by atoms with Crippen molar-refractivity contribution < 1.29 is 0 Å². The molecule has 0 bridgehead atoms. The summed E-state index contributed by atoms with van der Waals surface area (Å²) in [6.45, 7) is 0. The van der Waals surface area contributed by atoms with Crippen molar-refractivity contribution in [1.29, 1.82) is 0 Å². The molecular formula is C11H8ClN5. The van der Waals surface area contributed by atoms with Gasteiger partial charge in [0.05, 0.1) is 10.7 Å². The summed E-state index contributed by atoms with van der Waals surface area (Å²) in [5.41, 5.74) is 7.72. The number of fused-ring (bicyclic) bond motifs is 1. The number of nitrogens with zero attached hydrogens (tertiary/aromatic N) is 4. The number of benzene rings is 1. The van der Waals surface area contributed by atoms with E-state index in [1.807, 2.05) is 18.2 Å². The van der Waals surface area contributed by atoms with Crippen LogP contribution in [0.3, 0.4) is 0 Å². The molecule has 3 rings (SSSR count). The van der Waals surface area contributed by atoms with Crippen LogP contribution in [-0.4, -0.2) is 19.8 Å². The first-order valence-electron chi connectivity index (χ1n) is 4.97. The SMILES string of the molecule is Nc1ccc(-c2nnc3cccnn23)cc1Cl.